The lowest BCUT2D eigenvalue weighted by atomic mass is 9.90. The Morgan fingerprint density at radius 2 is 1.58 bits per heavy atom. The molecule has 0 spiro atoms. The van der Waals surface area contributed by atoms with Gasteiger partial charge in [-0.05, 0) is 17.7 Å². The molecule has 7 nitrogen and oxygen atoms in total. The topological polar surface area (TPSA) is 77.1 Å². The molecular formula is C29H30N2O5. The Morgan fingerprint density at radius 1 is 0.944 bits per heavy atom. The third-order valence-corrected chi connectivity index (χ3v) is 6.64. The lowest BCUT2D eigenvalue weighted by Gasteiger charge is -2.51. The molecule has 1 N–H and O–H groups in total. The van der Waals surface area contributed by atoms with Crippen LogP contribution in [0.15, 0.2) is 91.0 Å². The molecule has 2 aliphatic rings. The highest BCUT2D eigenvalue weighted by atomic mass is 16.7. The van der Waals surface area contributed by atoms with Gasteiger partial charge in [-0.25, -0.2) is 4.79 Å². The van der Waals surface area contributed by atoms with Gasteiger partial charge in [-0.15, -0.1) is 0 Å². The minimum atomic E-state index is -0.686. The Bertz CT molecular complexity index is 1160. The van der Waals surface area contributed by atoms with E-state index in [0.717, 1.165) is 11.1 Å². The van der Waals surface area contributed by atoms with Gasteiger partial charge in [0.2, 0.25) is 5.91 Å². The molecular weight excluding hydrogens is 456 g/mol. The zero-order valence-electron chi connectivity index (χ0n) is 20.2. The van der Waals surface area contributed by atoms with Crippen LogP contribution >= 0.6 is 0 Å². The molecule has 0 radical (unpaired) electrons. The molecule has 0 aromatic heterocycles. The minimum Gasteiger partial charge on any atom is -0.454 e. The SMILES string of the molecule is CC(=O)N[C@H]1CN(Cc2ccccc2)[C@@H]2COC(c3ccccc3)O[C@H]2[C@@H]1OC(=O)c1ccccc1. The number of hydrogen-bond donors (Lipinski definition) is 1. The fourth-order valence-electron chi connectivity index (χ4n) is 4.97. The zero-order valence-corrected chi connectivity index (χ0v) is 20.2. The first kappa shape index (κ1) is 24.2. The van der Waals surface area contributed by atoms with Crippen LogP contribution in [0.3, 0.4) is 0 Å². The van der Waals surface area contributed by atoms with E-state index in [9.17, 15) is 9.59 Å². The van der Waals surface area contributed by atoms with Crippen molar-refractivity contribution in [3.8, 4) is 0 Å². The average Bonchev–Trinajstić information content (AvgIpc) is 2.91. The monoisotopic (exact) mass is 486 g/mol. The van der Waals surface area contributed by atoms with Crippen LogP contribution in [0.5, 0.6) is 0 Å². The summed E-state index contributed by atoms with van der Waals surface area (Å²) in [6.07, 6.45) is -1.79. The van der Waals surface area contributed by atoms with Gasteiger partial charge in [0.15, 0.2) is 12.4 Å². The van der Waals surface area contributed by atoms with E-state index in [0.29, 0.717) is 25.3 Å². The maximum Gasteiger partial charge on any atom is 0.338 e. The summed E-state index contributed by atoms with van der Waals surface area (Å²) in [5.41, 5.74) is 2.48. The number of hydrogen-bond acceptors (Lipinski definition) is 6. The van der Waals surface area contributed by atoms with Crippen LogP contribution in [-0.2, 0) is 25.5 Å². The highest BCUT2D eigenvalue weighted by molar-refractivity contribution is 5.89. The predicted molar refractivity (Wildman–Crippen MR) is 134 cm³/mol. The maximum atomic E-state index is 13.1. The van der Waals surface area contributed by atoms with Crippen molar-refractivity contribution in [2.75, 3.05) is 13.2 Å². The van der Waals surface area contributed by atoms with E-state index >= 15 is 0 Å². The molecule has 0 aliphatic carbocycles. The van der Waals surface area contributed by atoms with Crippen LogP contribution in [0.2, 0.25) is 0 Å². The number of likely N-dealkylation sites (tertiary alicyclic amines) is 1. The molecule has 5 atom stereocenters. The van der Waals surface area contributed by atoms with E-state index in [-0.39, 0.29) is 11.9 Å². The number of carbonyl (C=O) groups excluding carboxylic acids is 2. The first-order valence-corrected chi connectivity index (χ1v) is 12.2. The number of piperidine rings is 1. The number of esters is 1. The zero-order chi connectivity index (χ0) is 24.9. The number of nitrogens with one attached hydrogen (secondary N) is 1. The molecule has 0 saturated carbocycles. The van der Waals surface area contributed by atoms with Crippen molar-refractivity contribution in [2.24, 2.45) is 0 Å². The normalized spacial score (nSPS) is 26.0. The summed E-state index contributed by atoms with van der Waals surface area (Å²) in [6.45, 7) is 3.02. The van der Waals surface area contributed by atoms with Crippen LogP contribution in [-0.4, -0.2) is 54.2 Å². The van der Waals surface area contributed by atoms with Gasteiger partial charge >= 0.3 is 5.97 Å². The van der Waals surface area contributed by atoms with E-state index in [4.69, 9.17) is 14.2 Å². The van der Waals surface area contributed by atoms with Gasteiger partial charge in [0, 0.05) is 25.6 Å². The van der Waals surface area contributed by atoms with Crippen molar-refractivity contribution in [3.63, 3.8) is 0 Å². The number of benzene rings is 3. The lowest BCUT2D eigenvalue weighted by molar-refractivity contribution is -0.278. The number of ether oxygens (including phenoxy) is 3. The summed E-state index contributed by atoms with van der Waals surface area (Å²) < 4.78 is 18.8. The molecule has 3 aromatic carbocycles. The number of rotatable bonds is 6. The van der Waals surface area contributed by atoms with Crippen molar-refractivity contribution in [2.45, 2.75) is 44.1 Å². The average molecular weight is 487 g/mol. The fourth-order valence-corrected chi connectivity index (χ4v) is 4.97. The molecule has 2 aliphatic heterocycles. The molecule has 2 heterocycles. The standard InChI is InChI=1S/C29H30N2O5/c1-20(32)30-24-18-31(17-21-11-5-2-6-12-21)25-19-34-29(23-15-9-4-10-16-23)36-27(25)26(24)35-28(33)22-13-7-3-8-14-22/h2-16,24-27,29H,17-19H2,1H3,(H,30,32)/t24-,25+,26+,27+,29?/m0/s1. The van der Waals surface area contributed by atoms with Crippen molar-refractivity contribution in [1.82, 2.24) is 10.2 Å². The molecule has 186 valence electrons. The Morgan fingerprint density at radius 3 is 2.25 bits per heavy atom. The summed E-state index contributed by atoms with van der Waals surface area (Å²) >= 11 is 0. The van der Waals surface area contributed by atoms with Crippen LogP contribution in [0.4, 0.5) is 0 Å². The van der Waals surface area contributed by atoms with Gasteiger partial charge in [0.25, 0.3) is 0 Å². The molecule has 1 amide bonds. The van der Waals surface area contributed by atoms with Gasteiger partial charge in [-0.1, -0.05) is 78.9 Å². The molecule has 2 fully saturated rings. The summed E-state index contributed by atoms with van der Waals surface area (Å²) in [5.74, 6) is -0.636. The van der Waals surface area contributed by atoms with Gasteiger partial charge in [-0.2, -0.15) is 0 Å². The first-order valence-electron chi connectivity index (χ1n) is 12.2. The second-order valence-electron chi connectivity index (χ2n) is 9.20. The Labute approximate surface area is 211 Å². The number of nitrogens with zero attached hydrogens (tertiary/aromatic N) is 1. The third kappa shape index (κ3) is 5.49. The van der Waals surface area contributed by atoms with E-state index in [2.05, 4.69) is 22.3 Å². The highest BCUT2D eigenvalue weighted by Crippen LogP contribution is 2.35. The lowest BCUT2D eigenvalue weighted by Crippen LogP contribution is -2.69. The molecule has 7 heteroatoms. The van der Waals surface area contributed by atoms with E-state index in [1.165, 1.54) is 6.92 Å². The summed E-state index contributed by atoms with van der Waals surface area (Å²) in [4.78, 5) is 27.5. The Hall–Kier alpha value is -3.52. The van der Waals surface area contributed by atoms with Crippen LogP contribution in [0.25, 0.3) is 0 Å². The summed E-state index contributed by atoms with van der Waals surface area (Å²) in [7, 11) is 0. The first-order chi connectivity index (χ1) is 17.6. The summed E-state index contributed by atoms with van der Waals surface area (Å²) in [5, 5.41) is 3.01. The summed E-state index contributed by atoms with van der Waals surface area (Å²) in [6, 6.07) is 28.1. The van der Waals surface area contributed by atoms with E-state index < -0.39 is 30.5 Å². The molecule has 2 saturated heterocycles. The molecule has 5 rings (SSSR count). The maximum absolute atomic E-state index is 13.1. The quantitative estimate of drug-likeness (QED) is 0.536. The highest BCUT2D eigenvalue weighted by Gasteiger charge is 2.50. The van der Waals surface area contributed by atoms with Gasteiger partial charge in [0.05, 0.1) is 24.3 Å². The predicted octanol–water partition coefficient (Wildman–Crippen LogP) is 3.72. The largest absolute Gasteiger partial charge is 0.454 e. The van der Waals surface area contributed by atoms with Crippen molar-refractivity contribution in [3.05, 3.63) is 108 Å². The van der Waals surface area contributed by atoms with Crippen molar-refractivity contribution in [1.29, 1.82) is 0 Å². The van der Waals surface area contributed by atoms with Crippen LogP contribution < -0.4 is 5.32 Å². The Balaban J connectivity index is 1.46. The minimum absolute atomic E-state index is 0.163. The van der Waals surface area contributed by atoms with Crippen LogP contribution in [0, 0.1) is 0 Å². The fraction of sp³-hybridized carbons (Fsp3) is 0.310. The van der Waals surface area contributed by atoms with Crippen molar-refractivity contribution >= 4 is 11.9 Å². The number of amides is 1. The molecule has 3 aromatic rings. The second-order valence-corrected chi connectivity index (χ2v) is 9.20. The second kappa shape index (κ2) is 11.0. The van der Waals surface area contributed by atoms with E-state index in [1.54, 1.807) is 24.3 Å². The van der Waals surface area contributed by atoms with Crippen LogP contribution in [0.1, 0.15) is 34.7 Å². The van der Waals surface area contributed by atoms with Crippen molar-refractivity contribution < 1.29 is 23.8 Å². The number of carbonyl (C=O) groups is 2. The van der Waals surface area contributed by atoms with E-state index in [1.807, 2.05) is 54.6 Å². The molecule has 36 heavy (non-hydrogen) atoms. The third-order valence-electron chi connectivity index (χ3n) is 6.64. The number of fused-ring (bicyclic) bond motifs is 1. The van der Waals surface area contributed by atoms with Gasteiger partial charge < -0.3 is 19.5 Å². The molecule has 0 bridgehead atoms. The smallest absolute Gasteiger partial charge is 0.338 e. The van der Waals surface area contributed by atoms with Gasteiger partial charge in [-0.3, -0.25) is 9.69 Å². The van der Waals surface area contributed by atoms with Gasteiger partial charge in [0.1, 0.15) is 6.10 Å². The molecule has 1 unspecified atom stereocenters. The Kier molecular flexibility index (Phi) is 7.41.